The van der Waals surface area contributed by atoms with Crippen molar-refractivity contribution in [2.45, 2.75) is 45.4 Å². The van der Waals surface area contributed by atoms with Crippen LogP contribution >= 0.6 is 0 Å². The highest BCUT2D eigenvalue weighted by atomic mass is 15.1. The molecule has 1 fully saturated rings. The maximum atomic E-state index is 5.07. The van der Waals surface area contributed by atoms with E-state index in [0.717, 1.165) is 37.1 Å². The van der Waals surface area contributed by atoms with E-state index in [1.807, 2.05) is 0 Å². The van der Waals surface area contributed by atoms with Crippen LogP contribution in [0.2, 0.25) is 0 Å². The zero-order valence-corrected chi connectivity index (χ0v) is 18.0. The number of fused-ring (bicyclic) bond motifs is 1. The Kier molecular flexibility index (Phi) is 5.54. The van der Waals surface area contributed by atoms with Gasteiger partial charge in [-0.2, -0.15) is 0 Å². The van der Waals surface area contributed by atoms with E-state index in [2.05, 4.69) is 77.0 Å². The van der Waals surface area contributed by atoms with Crippen molar-refractivity contribution in [1.82, 2.24) is 14.3 Å². The summed E-state index contributed by atoms with van der Waals surface area (Å²) in [6, 6.07) is 13.2. The van der Waals surface area contributed by atoms with Crippen molar-refractivity contribution in [2.24, 2.45) is 0 Å². The normalized spacial score (nSPS) is 17.4. The molecule has 154 valence electrons. The molecule has 0 N–H and O–H groups in total. The number of allylic oxidation sites excluding steroid dienone is 4. The van der Waals surface area contributed by atoms with E-state index < -0.39 is 0 Å². The summed E-state index contributed by atoms with van der Waals surface area (Å²) < 4.78 is 2.34. The first-order valence-corrected chi connectivity index (χ1v) is 11.5. The molecule has 2 aliphatic rings. The molecular weight excluding hydrogens is 366 g/mol. The number of aryl methyl sites for hydroxylation is 1. The largest absolute Gasteiger partial charge is 0.303 e. The van der Waals surface area contributed by atoms with E-state index in [-0.39, 0.29) is 0 Å². The topological polar surface area (TPSA) is 20.5 Å². The van der Waals surface area contributed by atoms with E-state index >= 15 is 0 Å². The molecule has 0 atom stereocenters. The summed E-state index contributed by atoms with van der Waals surface area (Å²) in [7, 11) is 0. The predicted octanol–water partition coefficient (Wildman–Crippen LogP) is 6.07. The summed E-state index contributed by atoms with van der Waals surface area (Å²) in [6.07, 6.45) is 16.6. The van der Waals surface area contributed by atoms with Crippen molar-refractivity contribution in [3.05, 3.63) is 77.6 Å². The lowest BCUT2D eigenvalue weighted by molar-refractivity contribution is 0.231. The molecule has 5 rings (SSSR count). The molecule has 3 aromatic rings. The zero-order valence-electron chi connectivity index (χ0n) is 18.0. The van der Waals surface area contributed by atoms with Crippen LogP contribution < -0.4 is 0 Å². The fourth-order valence-corrected chi connectivity index (χ4v) is 4.72. The van der Waals surface area contributed by atoms with Gasteiger partial charge < -0.3 is 9.30 Å². The minimum Gasteiger partial charge on any atom is -0.303 e. The number of nitrogens with zero attached hydrogens (tertiary/aromatic N) is 3. The SMILES string of the molecule is Cc1ccc(-c2nc3ccc(C4=CCCC=C4)cn3c2CCN2CCCCC2)cc1. The molecule has 0 spiro atoms. The summed E-state index contributed by atoms with van der Waals surface area (Å²) in [6.45, 7) is 5.72. The summed E-state index contributed by atoms with van der Waals surface area (Å²) in [5.41, 5.74) is 8.63. The number of piperidine rings is 1. The summed E-state index contributed by atoms with van der Waals surface area (Å²) in [5, 5.41) is 0. The maximum Gasteiger partial charge on any atom is 0.137 e. The van der Waals surface area contributed by atoms with E-state index in [0.29, 0.717) is 0 Å². The average Bonchev–Trinajstić information content (AvgIpc) is 3.17. The number of benzene rings is 1. The van der Waals surface area contributed by atoms with Gasteiger partial charge in [0.2, 0.25) is 0 Å². The van der Waals surface area contributed by atoms with Gasteiger partial charge in [-0.05, 0) is 69.0 Å². The van der Waals surface area contributed by atoms with E-state index in [1.54, 1.807) is 0 Å². The van der Waals surface area contributed by atoms with Gasteiger partial charge in [-0.25, -0.2) is 4.98 Å². The summed E-state index contributed by atoms with van der Waals surface area (Å²) >= 11 is 0. The highest BCUT2D eigenvalue weighted by Crippen LogP contribution is 2.28. The van der Waals surface area contributed by atoms with Crippen LogP contribution in [-0.4, -0.2) is 33.9 Å². The molecule has 0 unspecified atom stereocenters. The fourth-order valence-electron chi connectivity index (χ4n) is 4.72. The van der Waals surface area contributed by atoms with Gasteiger partial charge in [0.1, 0.15) is 5.65 Å². The van der Waals surface area contributed by atoms with Crippen LogP contribution in [0.15, 0.2) is 60.8 Å². The molecule has 0 amide bonds. The second-order valence-electron chi connectivity index (χ2n) is 8.71. The van der Waals surface area contributed by atoms with Gasteiger partial charge >= 0.3 is 0 Å². The van der Waals surface area contributed by atoms with Gasteiger partial charge in [0.25, 0.3) is 0 Å². The Morgan fingerprint density at radius 2 is 1.70 bits per heavy atom. The molecule has 30 heavy (non-hydrogen) atoms. The second kappa shape index (κ2) is 8.61. The molecule has 1 aliphatic heterocycles. The minimum absolute atomic E-state index is 1.03. The number of aromatic nitrogens is 2. The second-order valence-corrected chi connectivity index (χ2v) is 8.71. The highest BCUT2D eigenvalue weighted by Gasteiger charge is 2.17. The van der Waals surface area contributed by atoms with E-state index in [4.69, 9.17) is 4.98 Å². The lowest BCUT2D eigenvalue weighted by atomic mass is 10.0. The van der Waals surface area contributed by atoms with Crippen LogP contribution in [0.1, 0.15) is 48.9 Å². The Balaban J connectivity index is 1.55. The fraction of sp³-hybridized carbons (Fsp3) is 0.370. The standard InChI is InChI=1S/C27H31N3/c1-21-10-12-23(13-11-21)27-25(16-19-29-17-6-3-7-18-29)30-20-24(14-15-26(30)28-27)22-8-4-2-5-9-22/h4,8-15,20H,2-3,5-7,16-19H2,1H3. The van der Waals surface area contributed by atoms with Crippen molar-refractivity contribution in [1.29, 1.82) is 0 Å². The monoisotopic (exact) mass is 397 g/mol. The molecule has 0 saturated carbocycles. The molecule has 3 heteroatoms. The molecule has 3 heterocycles. The number of hydrogen-bond acceptors (Lipinski definition) is 2. The number of pyridine rings is 1. The highest BCUT2D eigenvalue weighted by molar-refractivity contribution is 5.76. The van der Waals surface area contributed by atoms with Crippen molar-refractivity contribution in [2.75, 3.05) is 19.6 Å². The predicted molar refractivity (Wildman–Crippen MR) is 126 cm³/mol. The molecule has 1 saturated heterocycles. The number of hydrogen-bond donors (Lipinski definition) is 0. The van der Waals surface area contributed by atoms with Crippen LogP contribution in [0.3, 0.4) is 0 Å². The Morgan fingerprint density at radius 1 is 0.900 bits per heavy atom. The lowest BCUT2D eigenvalue weighted by Crippen LogP contribution is -2.31. The van der Waals surface area contributed by atoms with Gasteiger partial charge in [0.15, 0.2) is 0 Å². The number of likely N-dealkylation sites (tertiary alicyclic amines) is 1. The summed E-state index contributed by atoms with van der Waals surface area (Å²) in [5.74, 6) is 0. The van der Waals surface area contributed by atoms with Crippen LogP contribution in [0.4, 0.5) is 0 Å². The van der Waals surface area contributed by atoms with Crippen LogP contribution in [-0.2, 0) is 6.42 Å². The third-order valence-electron chi connectivity index (χ3n) is 6.48. The first-order valence-electron chi connectivity index (χ1n) is 11.5. The molecule has 3 nitrogen and oxygen atoms in total. The van der Waals surface area contributed by atoms with Crippen molar-refractivity contribution >= 4 is 11.2 Å². The van der Waals surface area contributed by atoms with Gasteiger partial charge in [-0.1, -0.05) is 54.5 Å². The van der Waals surface area contributed by atoms with Crippen molar-refractivity contribution in [3.8, 4) is 11.3 Å². The van der Waals surface area contributed by atoms with Crippen LogP contribution in [0, 0.1) is 6.92 Å². The third kappa shape index (κ3) is 3.99. The molecule has 2 aromatic heterocycles. The molecule has 1 aliphatic carbocycles. The third-order valence-corrected chi connectivity index (χ3v) is 6.48. The molecule has 0 radical (unpaired) electrons. The van der Waals surface area contributed by atoms with Gasteiger partial charge in [0.05, 0.1) is 11.4 Å². The Hall–Kier alpha value is -2.65. The number of rotatable bonds is 5. The van der Waals surface area contributed by atoms with Crippen molar-refractivity contribution in [3.63, 3.8) is 0 Å². The van der Waals surface area contributed by atoms with Crippen LogP contribution in [0.5, 0.6) is 0 Å². The van der Waals surface area contributed by atoms with E-state index in [9.17, 15) is 0 Å². The quantitative estimate of drug-likeness (QED) is 0.521. The van der Waals surface area contributed by atoms with Gasteiger partial charge in [-0.3, -0.25) is 0 Å². The van der Waals surface area contributed by atoms with Crippen molar-refractivity contribution < 1.29 is 0 Å². The first-order chi connectivity index (χ1) is 14.8. The molecule has 0 bridgehead atoms. The van der Waals surface area contributed by atoms with Gasteiger partial charge in [-0.15, -0.1) is 0 Å². The Morgan fingerprint density at radius 3 is 2.47 bits per heavy atom. The van der Waals surface area contributed by atoms with Crippen LogP contribution in [0.25, 0.3) is 22.5 Å². The Bertz CT molecular complexity index is 1080. The minimum atomic E-state index is 1.03. The number of imidazole rings is 1. The summed E-state index contributed by atoms with van der Waals surface area (Å²) in [4.78, 5) is 7.69. The maximum absolute atomic E-state index is 5.07. The van der Waals surface area contributed by atoms with E-state index in [1.165, 1.54) is 60.3 Å². The lowest BCUT2D eigenvalue weighted by Gasteiger charge is -2.26. The Labute approximate surface area is 179 Å². The molecular formula is C27H31N3. The van der Waals surface area contributed by atoms with Gasteiger partial charge in [0, 0.05) is 24.7 Å². The smallest absolute Gasteiger partial charge is 0.137 e. The zero-order chi connectivity index (χ0) is 20.3. The first kappa shape index (κ1) is 19.3. The average molecular weight is 398 g/mol. The molecule has 1 aromatic carbocycles.